The molecule has 1 N–H and O–H groups in total. The Bertz CT molecular complexity index is 591. The van der Waals surface area contributed by atoms with E-state index in [2.05, 4.69) is 5.48 Å². The maximum atomic E-state index is 11.8. The van der Waals surface area contributed by atoms with Gasteiger partial charge in [-0.1, -0.05) is 17.7 Å². The number of nitrogens with one attached hydrogen (secondary N) is 1. The number of carbonyl (C=O) groups excluding carboxylic acids is 2. The van der Waals surface area contributed by atoms with Crippen LogP contribution in [0.1, 0.15) is 26.3 Å². The molecule has 0 saturated heterocycles. The predicted molar refractivity (Wildman–Crippen MR) is 71.1 cm³/mol. The first-order chi connectivity index (χ1) is 9.19. The van der Waals surface area contributed by atoms with E-state index in [9.17, 15) is 9.59 Å². The van der Waals surface area contributed by atoms with Crippen molar-refractivity contribution in [1.29, 1.82) is 0 Å². The first-order valence-corrected chi connectivity index (χ1v) is 5.78. The third-order valence-electron chi connectivity index (χ3n) is 2.56. The highest BCUT2D eigenvalue weighted by Gasteiger charge is 2.05. The van der Waals surface area contributed by atoms with E-state index in [-0.39, 0.29) is 5.91 Å². The molecule has 0 aliphatic heterocycles. The first-order valence-electron chi connectivity index (χ1n) is 5.78. The van der Waals surface area contributed by atoms with Crippen molar-refractivity contribution in [1.82, 2.24) is 5.48 Å². The van der Waals surface area contributed by atoms with E-state index in [1.165, 1.54) is 0 Å². The Hall–Kier alpha value is -2.62. The molecule has 0 aromatic heterocycles. The minimum Gasteiger partial charge on any atom is -0.379 e. The largest absolute Gasteiger partial charge is 0.379 e. The number of amides is 1. The molecule has 0 bridgehead atoms. The lowest BCUT2D eigenvalue weighted by Gasteiger charge is -2.07. The summed E-state index contributed by atoms with van der Waals surface area (Å²) < 4.78 is 0. The third kappa shape index (κ3) is 3.42. The van der Waals surface area contributed by atoms with Gasteiger partial charge in [-0.3, -0.25) is 9.59 Å². The molecule has 0 saturated carbocycles. The van der Waals surface area contributed by atoms with Crippen LogP contribution in [0.5, 0.6) is 5.75 Å². The Labute approximate surface area is 111 Å². The van der Waals surface area contributed by atoms with E-state index < -0.39 is 0 Å². The molecular formula is C15H13NO3. The van der Waals surface area contributed by atoms with Gasteiger partial charge in [0.05, 0.1) is 0 Å². The molecular weight excluding hydrogens is 242 g/mol. The van der Waals surface area contributed by atoms with E-state index in [4.69, 9.17) is 4.84 Å². The lowest BCUT2D eigenvalue weighted by atomic mass is 10.1. The van der Waals surface area contributed by atoms with Crippen LogP contribution < -0.4 is 10.3 Å². The standard InChI is InChI=1S/C15H13NO3/c1-11-3-2-4-13(9-11)15(18)16-19-14-7-5-12(10-17)6-8-14/h2-10H,1H3,(H,16,18). The van der Waals surface area contributed by atoms with Gasteiger partial charge in [0.15, 0.2) is 5.75 Å². The third-order valence-corrected chi connectivity index (χ3v) is 2.56. The van der Waals surface area contributed by atoms with Crippen LogP contribution in [0.4, 0.5) is 0 Å². The van der Waals surface area contributed by atoms with Crippen molar-refractivity contribution in [3.63, 3.8) is 0 Å². The number of benzene rings is 2. The van der Waals surface area contributed by atoms with Crippen LogP contribution in [-0.2, 0) is 0 Å². The molecule has 0 radical (unpaired) electrons. The van der Waals surface area contributed by atoms with Crippen LogP contribution in [-0.4, -0.2) is 12.2 Å². The second kappa shape index (κ2) is 5.82. The van der Waals surface area contributed by atoms with Crippen molar-refractivity contribution >= 4 is 12.2 Å². The topological polar surface area (TPSA) is 55.4 Å². The van der Waals surface area contributed by atoms with Gasteiger partial charge in [-0.2, -0.15) is 5.48 Å². The number of hydrogen-bond acceptors (Lipinski definition) is 3. The molecule has 0 heterocycles. The number of aldehydes is 1. The lowest BCUT2D eigenvalue weighted by molar-refractivity contribution is 0.0759. The molecule has 2 rings (SSSR count). The average Bonchev–Trinajstić information content (AvgIpc) is 2.45. The number of aryl methyl sites for hydroxylation is 1. The van der Waals surface area contributed by atoms with Gasteiger partial charge in [0, 0.05) is 11.1 Å². The molecule has 0 unspecified atom stereocenters. The van der Waals surface area contributed by atoms with Crippen LogP contribution in [0.2, 0.25) is 0 Å². The Morgan fingerprint density at radius 3 is 2.53 bits per heavy atom. The van der Waals surface area contributed by atoms with Crippen molar-refractivity contribution in [3.05, 3.63) is 65.2 Å². The molecule has 0 aliphatic rings. The Kier molecular flexibility index (Phi) is 3.93. The van der Waals surface area contributed by atoms with E-state index in [0.717, 1.165) is 11.8 Å². The summed E-state index contributed by atoms with van der Waals surface area (Å²) in [5.41, 5.74) is 4.44. The van der Waals surface area contributed by atoms with E-state index >= 15 is 0 Å². The maximum Gasteiger partial charge on any atom is 0.283 e. The minimum atomic E-state index is -0.317. The molecule has 0 fully saturated rings. The minimum absolute atomic E-state index is 0.317. The summed E-state index contributed by atoms with van der Waals surface area (Å²) in [5, 5.41) is 0. The average molecular weight is 255 g/mol. The van der Waals surface area contributed by atoms with Crippen molar-refractivity contribution in [2.24, 2.45) is 0 Å². The smallest absolute Gasteiger partial charge is 0.283 e. The molecule has 1 amide bonds. The van der Waals surface area contributed by atoms with Gasteiger partial charge in [-0.15, -0.1) is 0 Å². The highest BCUT2D eigenvalue weighted by molar-refractivity contribution is 5.93. The SMILES string of the molecule is Cc1cccc(C(=O)NOc2ccc(C=O)cc2)c1. The molecule has 0 spiro atoms. The van der Waals surface area contributed by atoms with Crippen molar-refractivity contribution in [3.8, 4) is 5.75 Å². The maximum absolute atomic E-state index is 11.8. The summed E-state index contributed by atoms with van der Waals surface area (Å²) in [5.74, 6) is 0.148. The van der Waals surface area contributed by atoms with Crippen molar-refractivity contribution in [2.75, 3.05) is 0 Å². The molecule has 96 valence electrons. The zero-order valence-corrected chi connectivity index (χ0v) is 10.4. The van der Waals surface area contributed by atoms with Gasteiger partial charge < -0.3 is 4.84 Å². The molecule has 4 heteroatoms. The summed E-state index contributed by atoms with van der Waals surface area (Å²) in [6.45, 7) is 1.91. The summed E-state index contributed by atoms with van der Waals surface area (Å²) >= 11 is 0. The summed E-state index contributed by atoms with van der Waals surface area (Å²) in [6.07, 6.45) is 0.745. The van der Waals surface area contributed by atoms with Gasteiger partial charge in [0.2, 0.25) is 0 Å². The van der Waals surface area contributed by atoms with Crippen LogP contribution >= 0.6 is 0 Å². The Morgan fingerprint density at radius 1 is 1.16 bits per heavy atom. The van der Waals surface area contributed by atoms with E-state index in [0.29, 0.717) is 16.9 Å². The summed E-state index contributed by atoms with van der Waals surface area (Å²) in [7, 11) is 0. The molecule has 19 heavy (non-hydrogen) atoms. The second-order valence-electron chi connectivity index (χ2n) is 4.09. The fourth-order valence-corrected chi connectivity index (χ4v) is 1.56. The number of carbonyl (C=O) groups is 2. The highest BCUT2D eigenvalue weighted by Crippen LogP contribution is 2.10. The summed E-state index contributed by atoms with van der Waals surface area (Å²) in [4.78, 5) is 27.4. The molecule has 2 aromatic rings. The molecule has 4 nitrogen and oxygen atoms in total. The van der Waals surface area contributed by atoms with Gasteiger partial charge in [-0.25, -0.2) is 0 Å². The monoisotopic (exact) mass is 255 g/mol. The van der Waals surface area contributed by atoms with Crippen LogP contribution in [0.25, 0.3) is 0 Å². The molecule has 0 atom stereocenters. The zero-order chi connectivity index (χ0) is 13.7. The Morgan fingerprint density at radius 2 is 1.89 bits per heavy atom. The number of hydroxylamine groups is 1. The second-order valence-corrected chi connectivity index (χ2v) is 4.09. The molecule has 2 aromatic carbocycles. The van der Waals surface area contributed by atoms with Crippen LogP contribution in [0.15, 0.2) is 48.5 Å². The zero-order valence-electron chi connectivity index (χ0n) is 10.4. The fraction of sp³-hybridized carbons (Fsp3) is 0.0667. The van der Waals surface area contributed by atoms with Gasteiger partial charge in [-0.05, 0) is 43.3 Å². The number of hydrogen-bond donors (Lipinski definition) is 1. The number of rotatable bonds is 4. The predicted octanol–water partition coefficient (Wildman–Crippen LogP) is 2.53. The van der Waals surface area contributed by atoms with Gasteiger partial charge in [0.1, 0.15) is 6.29 Å². The van der Waals surface area contributed by atoms with Gasteiger partial charge in [0.25, 0.3) is 5.91 Å². The Balaban J connectivity index is 1.98. The molecule has 0 aliphatic carbocycles. The summed E-state index contributed by atoms with van der Waals surface area (Å²) in [6, 6.07) is 13.6. The quantitative estimate of drug-likeness (QED) is 0.674. The highest BCUT2D eigenvalue weighted by atomic mass is 16.7. The van der Waals surface area contributed by atoms with E-state index in [1.807, 2.05) is 19.1 Å². The van der Waals surface area contributed by atoms with Crippen LogP contribution in [0, 0.1) is 6.92 Å². The van der Waals surface area contributed by atoms with Crippen LogP contribution in [0.3, 0.4) is 0 Å². The van der Waals surface area contributed by atoms with Crippen molar-refractivity contribution < 1.29 is 14.4 Å². The normalized spacial score (nSPS) is 9.74. The lowest BCUT2D eigenvalue weighted by Crippen LogP contribution is -2.26. The van der Waals surface area contributed by atoms with Crippen molar-refractivity contribution in [2.45, 2.75) is 6.92 Å². The van der Waals surface area contributed by atoms with E-state index in [1.54, 1.807) is 36.4 Å². The first kappa shape index (κ1) is 12.8. The van der Waals surface area contributed by atoms with Gasteiger partial charge >= 0.3 is 0 Å². The fourth-order valence-electron chi connectivity index (χ4n) is 1.56.